The van der Waals surface area contributed by atoms with Gasteiger partial charge in [-0.1, -0.05) is 54.1 Å². The summed E-state index contributed by atoms with van der Waals surface area (Å²) in [6, 6.07) is 23.7. The minimum absolute atomic E-state index is 0.0657. The van der Waals surface area contributed by atoms with Gasteiger partial charge in [-0.25, -0.2) is 5.01 Å². The second-order valence-corrected chi connectivity index (χ2v) is 10.9. The van der Waals surface area contributed by atoms with Crippen molar-refractivity contribution < 1.29 is 8.42 Å². The zero-order chi connectivity index (χ0) is 24.3. The third kappa shape index (κ3) is 5.65. The summed E-state index contributed by atoms with van der Waals surface area (Å²) in [6.07, 6.45) is 0. The average Bonchev–Trinajstić information content (AvgIpc) is 3.25. The Kier molecular flexibility index (Phi) is 7.34. The molecular weight excluding hydrogens is 585 g/mol. The van der Waals surface area contributed by atoms with Crippen molar-refractivity contribution in [3.8, 4) is 0 Å². The van der Waals surface area contributed by atoms with Crippen LogP contribution in [0.3, 0.4) is 0 Å². The molecule has 0 aliphatic carbocycles. The Hall–Kier alpha value is -2.76. The number of nitrogens with two attached hydrogens (primary N) is 1. The predicted molar refractivity (Wildman–Crippen MR) is 145 cm³/mol. The summed E-state index contributed by atoms with van der Waals surface area (Å²) >= 11 is 8.19. The Balaban J connectivity index is 1.80. The number of benzene rings is 3. The van der Waals surface area contributed by atoms with Crippen LogP contribution < -0.4 is 5.73 Å². The Morgan fingerprint density at radius 3 is 2.32 bits per heavy atom. The SMILES string of the molecule is C/C(N)=N/C(=N\S(=O)(=O)c1ccc(I)cc1)N1C[C@H](c2ccccc2)C(c2ccc(Cl)cc2)=N1. The van der Waals surface area contributed by atoms with Gasteiger partial charge < -0.3 is 5.73 Å². The van der Waals surface area contributed by atoms with Crippen molar-refractivity contribution in [2.75, 3.05) is 6.54 Å². The fraction of sp³-hybridized carbons (Fsp3) is 0.125. The van der Waals surface area contributed by atoms with Gasteiger partial charge in [0.05, 0.1) is 23.0 Å². The number of nitrogens with zero attached hydrogens (tertiary/aromatic N) is 4. The molecule has 0 saturated carbocycles. The van der Waals surface area contributed by atoms with Crippen LogP contribution in [0.1, 0.15) is 24.0 Å². The normalized spacial score (nSPS) is 17.1. The summed E-state index contributed by atoms with van der Waals surface area (Å²) in [5, 5.41) is 6.84. The number of halogens is 2. The number of hydrogen-bond donors (Lipinski definition) is 1. The molecule has 4 rings (SSSR count). The van der Waals surface area contributed by atoms with Crippen molar-refractivity contribution >= 4 is 61.7 Å². The molecule has 1 aliphatic heterocycles. The lowest BCUT2D eigenvalue weighted by Crippen LogP contribution is -2.27. The highest BCUT2D eigenvalue weighted by atomic mass is 127. The first-order valence-electron chi connectivity index (χ1n) is 10.3. The van der Waals surface area contributed by atoms with Gasteiger partial charge in [-0.05, 0) is 77.0 Å². The van der Waals surface area contributed by atoms with Crippen LogP contribution >= 0.6 is 34.2 Å². The van der Waals surface area contributed by atoms with Gasteiger partial charge in [0.1, 0.15) is 0 Å². The molecule has 0 saturated heterocycles. The summed E-state index contributed by atoms with van der Waals surface area (Å²) in [4.78, 5) is 4.28. The highest BCUT2D eigenvalue weighted by Crippen LogP contribution is 2.30. The number of amidine groups is 1. The number of guanidine groups is 1. The largest absolute Gasteiger partial charge is 0.387 e. The van der Waals surface area contributed by atoms with Crippen LogP contribution in [-0.4, -0.2) is 37.5 Å². The van der Waals surface area contributed by atoms with Crippen LogP contribution in [0.2, 0.25) is 5.02 Å². The summed E-state index contributed by atoms with van der Waals surface area (Å²) in [5.74, 6) is -0.0618. The molecule has 7 nitrogen and oxygen atoms in total. The van der Waals surface area contributed by atoms with Gasteiger partial charge in [0.15, 0.2) is 0 Å². The molecule has 0 bridgehead atoms. The lowest BCUT2D eigenvalue weighted by Gasteiger charge is -2.16. The number of aliphatic imine (C=N–C) groups is 1. The molecule has 0 aromatic heterocycles. The molecule has 0 unspecified atom stereocenters. The van der Waals surface area contributed by atoms with E-state index in [9.17, 15) is 8.42 Å². The summed E-state index contributed by atoms with van der Waals surface area (Å²) < 4.78 is 31.0. The molecule has 0 radical (unpaired) electrons. The lowest BCUT2D eigenvalue weighted by molar-refractivity contribution is 0.470. The molecule has 0 amide bonds. The average molecular weight is 606 g/mol. The third-order valence-electron chi connectivity index (χ3n) is 5.08. The van der Waals surface area contributed by atoms with Crippen molar-refractivity contribution in [3.63, 3.8) is 0 Å². The van der Waals surface area contributed by atoms with E-state index in [0.29, 0.717) is 11.6 Å². The van der Waals surface area contributed by atoms with E-state index in [1.807, 2.05) is 42.5 Å². The standard InChI is InChI=1S/C24H21ClIN5O2S/c1-16(27)28-24(30-34(32,33)21-13-11-20(26)12-14-21)31-15-22(17-5-3-2-4-6-17)23(29-31)18-7-9-19(25)10-8-18/h2-14,22H,15H2,1H3,(H2,27,28,30)/t22-/m1/s1. The van der Waals surface area contributed by atoms with Gasteiger partial charge in [0.25, 0.3) is 16.0 Å². The second-order valence-electron chi connectivity index (χ2n) is 7.61. The molecule has 3 aromatic carbocycles. The first-order chi connectivity index (χ1) is 16.2. The molecule has 0 spiro atoms. The van der Waals surface area contributed by atoms with E-state index in [-0.39, 0.29) is 22.6 Å². The van der Waals surface area contributed by atoms with Crippen molar-refractivity contribution in [2.45, 2.75) is 17.7 Å². The van der Waals surface area contributed by atoms with Crippen LogP contribution in [0.4, 0.5) is 0 Å². The summed E-state index contributed by atoms with van der Waals surface area (Å²) in [5.41, 5.74) is 8.49. The Morgan fingerprint density at radius 2 is 1.71 bits per heavy atom. The fourth-order valence-corrected chi connectivity index (χ4v) is 4.93. The second kappa shape index (κ2) is 10.2. The Labute approximate surface area is 217 Å². The maximum absolute atomic E-state index is 13.0. The van der Waals surface area contributed by atoms with E-state index in [4.69, 9.17) is 22.4 Å². The van der Waals surface area contributed by atoms with Gasteiger partial charge in [0, 0.05) is 14.5 Å². The van der Waals surface area contributed by atoms with Crippen molar-refractivity contribution in [2.24, 2.45) is 20.2 Å². The van der Waals surface area contributed by atoms with E-state index in [0.717, 1.165) is 20.4 Å². The lowest BCUT2D eigenvalue weighted by atomic mass is 9.91. The molecule has 3 aromatic rings. The molecule has 10 heteroatoms. The zero-order valence-corrected chi connectivity index (χ0v) is 21.9. The highest BCUT2D eigenvalue weighted by molar-refractivity contribution is 14.1. The molecule has 174 valence electrons. The molecule has 2 N–H and O–H groups in total. The number of sulfonamides is 1. The maximum Gasteiger partial charge on any atom is 0.285 e. The summed E-state index contributed by atoms with van der Waals surface area (Å²) in [6.45, 7) is 1.92. The minimum atomic E-state index is -4.04. The van der Waals surface area contributed by atoms with E-state index in [2.05, 4.69) is 32.0 Å². The van der Waals surface area contributed by atoms with E-state index in [1.165, 1.54) is 17.1 Å². The highest BCUT2D eigenvalue weighted by Gasteiger charge is 2.32. The van der Waals surface area contributed by atoms with Gasteiger partial charge in [-0.15, -0.1) is 4.40 Å². The van der Waals surface area contributed by atoms with Gasteiger partial charge in [0.2, 0.25) is 0 Å². The van der Waals surface area contributed by atoms with Crippen LogP contribution in [0, 0.1) is 3.57 Å². The Morgan fingerprint density at radius 1 is 1.06 bits per heavy atom. The first-order valence-corrected chi connectivity index (χ1v) is 13.2. The van der Waals surface area contributed by atoms with Crippen molar-refractivity contribution in [3.05, 3.63) is 98.6 Å². The van der Waals surface area contributed by atoms with Gasteiger partial charge in [-0.3, -0.25) is 0 Å². The van der Waals surface area contributed by atoms with Gasteiger partial charge in [-0.2, -0.15) is 18.5 Å². The van der Waals surface area contributed by atoms with Crippen LogP contribution in [0.5, 0.6) is 0 Å². The van der Waals surface area contributed by atoms with E-state index in [1.54, 1.807) is 31.2 Å². The minimum Gasteiger partial charge on any atom is -0.387 e. The van der Waals surface area contributed by atoms with Crippen LogP contribution in [0.15, 0.2) is 98.2 Å². The third-order valence-corrected chi connectivity index (χ3v) is 7.32. The van der Waals surface area contributed by atoms with E-state index < -0.39 is 10.0 Å². The topological polar surface area (TPSA) is 100 Å². The zero-order valence-electron chi connectivity index (χ0n) is 18.1. The molecule has 1 aliphatic rings. The molecule has 1 atom stereocenters. The van der Waals surface area contributed by atoms with Crippen molar-refractivity contribution in [1.82, 2.24) is 5.01 Å². The Bertz CT molecular complexity index is 1370. The smallest absolute Gasteiger partial charge is 0.285 e. The number of hydrazone groups is 1. The quantitative estimate of drug-likeness (QED) is 0.261. The number of rotatable bonds is 4. The van der Waals surface area contributed by atoms with Crippen molar-refractivity contribution in [1.29, 1.82) is 0 Å². The number of hydrogen-bond acceptors (Lipinski definition) is 3. The molecule has 34 heavy (non-hydrogen) atoms. The van der Waals surface area contributed by atoms with E-state index >= 15 is 0 Å². The maximum atomic E-state index is 13.0. The molecule has 1 heterocycles. The first kappa shape index (κ1) is 24.4. The van der Waals surface area contributed by atoms with Crippen LogP contribution in [0.25, 0.3) is 0 Å². The van der Waals surface area contributed by atoms with Crippen LogP contribution in [-0.2, 0) is 10.0 Å². The monoisotopic (exact) mass is 605 g/mol. The predicted octanol–water partition coefficient (Wildman–Crippen LogP) is 4.87. The fourth-order valence-electron chi connectivity index (χ4n) is 3.50. The molecule has 0 fully saturated rings. The summed E-state index contributed by atoms with van der Waals surface area (Å²) in [7, 11) is -4.04. The van der Waals surface area contributed by atoms with Gasteiger partial charge >= 0.3 is 0 Å². The molecular formula is C24H21ClIN5O2S.